The predicted octanol–water partition coefficient (Wildman–Crippen LogP) is 2.46. The Labute approximate surface area is 158 Å². The number of halogens is 1. The Hall–Kier alpha value is -2.28. The van der Waals surface area contributed by atoms with Gasteiger partial charge >= 0.3 is 0 Å². The molecule has 4 heterocycles. The number of piperidine rings is 1. The van der Waals surface area contributed by atoms with E-state index in [4.69, 9.17) is 0 Å². The summed E-state index contributed by atoms with van der Waals surface area (Å²) < 4.78 is 13.5. The Kier molecular flexibility index (Phi) is 5.20. The van der Waals surface area contributed by atoms with Crippen LogP contribution in [0.3, 0.4) is 0 Å². The summed E-state index contributed by atoms with van der Waals surface area (Å²) >= 11 is 0. The standard InChI is InChI=1S/C20H26FN5O/c1-14-9-16(21)12-26(14)19(27)13-25-7-4-17(5-8-25)24-18-10-15-3-2-6-22-20(15)23-11-18/h2-3,6,10-11,14,16-17,24H,4-5,7-9,12-13H2,1H3/t14-,16+/m1/s1. The fraction of sp³-hybridized carbons (Fsp3) is 0.550. The van der Waals surface area contributed by atoms with Gasteiger partial charge in [0, 0.05) is 43.2 Å². The number of fused-ring (bicyclic) bond motifs is 1. The fourth-order valence-electron chi connectivity index (χ4n) is 4.11. The third kappa shape index (κ3) is 4.18. The molecule has 0 bridgehead atoms. The molecule has 1 N–H and O–H groups in total. The van der Waals surface area contributed by atoms with E-state index in [1.54, 1.807) is 11.1 Å². The highest BCUT2D eigenvalue weighted by Gasteiger charge is 2.33. The van der Waals surface area contributed by atoms with E-state index in [0.29, 0.717) is 19.0 Å². The Morgan fingerprint density at radius 3 is 2.89 bits per heavy atom. The summed E-state index contributed by atoms with van der Waals surface area (Å²) in [5.41, 5.74) is 1.76. The summed E-state index contributed by atoms with van der Waals surface area (Å²) in [6.45, 7) is 4.32. The number of nitrogens with one attached hydrogen (secondary N) is 1. The van der Waals surface area contributed by atoms with E-state index in [-0.39, 0.29) is 18.5 Å². The molecule has 2 aromatic heterocycles. The molecule has 27 heavy (non-hydrogen) atoms. The third-order valence-electron chi connectivity index (χ3n) is 5.62. The first-order valence-electron chi connectivity index (χ1n) is 9.71. The molecule has 144 valence electrons. The van der Waals surface area contributed by atoms with Crippen molar-refractivity contribution in [3.63, 3.8) is 0 Å². The Morgan fingerprint density at radius 2 is 2.15 bits per heavy atom. The Bertz CT molecular complexity index is 808. The van der Waals surface area contributed by atoms with Gasteiger partial charge in [-0.3, -0.25) is 9.69 Å². The van der Waals surface area contributed by atoms with Gasteiger partial charge in [-0.25, -0.2) is 14.4 Å². The van der Waals surface area contributed by atoms with Crippen molar-refractivity contribution in [2.45, 2.75) is 44.4 Å². The summed E-state index contributed by atoms with van der Waals surface area (Å²) in [5.74, 6) is 0.0558. The first-order chi connectivity index (χ1) is 13.1. The number of carbonyl (C=O) groups is 1. The van der Waals surface area contributed by atoms with Crippen LogP contribution in [-0.2, 0) is 4.79 Å². The average Bonchev–Trinajstić information content (AvgIpc) is 3.01. The monoisotopic (exact) mass is 371 g/mol. The zero-order valence-corrected chi connectivity index (χ0v) is 15.6. The minimum absolute atomic E-state index is 0.0154. The zero-order chi connectivity index (χ0) is 18.8. The quantitative estimate of drug-likeness (QED) is 0.895. The number of aromatic nitrogens is 2. The van der Waals surface area contributed by atoms with Gasteiger partial charge in [-0.15, -0.1) is 0 Å². The van der Waals surface area contributed by atoms with Gasteiger partial charge in [-0.1, -0.05) is 0 Å². The van der Waals surface area contributed by atoms with Crippen LogP contribution in [0.25, 0.3) is 11.0 Å². The topological polar surface area (TPSA) is 61.4 Å². The van der Waals surface area contributed by atoms with E-state index in [9.17, 15) is 9.18 Å². The van der Waals surface area contributed by atoms with Gasteiger partial charge in [0.1, 0.15) is 6.17 Å². The second-order valence-electron chi connectivity index (χ2n) is 7.70. The molecule has 0 aromatic carbocycles. The predicted molar refractivity (Wildman–Crippen MR) is 103 cm³/mol. The molecule has 0 saturated carbocycles. The maximum Gasteiger partial charge on any atom is 0.237 e. The van der Waals surface area contributed by atoms with Gasteiger partial charge in [0.15, 0.2) is 5.65 Å². The van der Waals surface area contributed by atoms with Crippen molar-refractivity contribution >= 4 is 22.6 Å². The molecule has 0 unspecified atom stereocenters. The maximum absolute atomic E-state index is 13.5. The summed E-state index contributed by atoms with van der Waals surface area (Å²) in [4.78, 5) is 25.0. The highest BCUT2D eigenvalue weighted by molar-refractivity contribution is 5.79. The molecule has 6 nitrogen and oxygen atoms in total. The second kappa shape index (κ2) is 7.76. The summed E-state index contributed by atoms with van der Waals surface area (Å²) in [5, 5.41) is 4.58. The smallest absolute Gasteiger partial charge is 0.237 e. The largest absolute Gasteiger partial charge is 0.381 e. The first kappa shape index (κ1) is 18.1. The van der Waals surface area contributed by atoms with Crippen LogP contribution in [0.15, 0.2) is 30.6 Å². The van der Waals surface area contributed by atoms with Crippen LogP contribution in [0.1, 0.15) is 26.2 Å². The minimum Gasteiger partial charge on any atom is -0.381 e. The highest BCUT2D eigenvalue weighted by Crippen LogP contribution is 2.22. The van der Waals surface area contributed by atoms with E-state index in [0.717, 1.165) is 42.7 Å². The molecule has 2 saturated heterocycles. The van der Waals surface area contributed by atoms with Gasteiger partial charge in [-0.05, 0) is 38.0 Å². The number of hydrogen-bond donors (Lipinski definition) is 1. The minimum atomic E-state index is -0.871. The number of alkyl halides is 1. The van der Waals surface area contributed by atoms with Gasteiger partial charge in [-0.2, -0.15) is 0 Å². The molecule has 2 aliphatic rings. The molecular weight excluding hydrogens is 345 g/mol. The third-order valence-corrected chi connectivity index (χ3v) is 5.62. The number of rotatable bonds is 4. The van der Waals surface area contributed by atoms with Crippen molar-refractivity contribution < 1.29 is 9.18 Å². The number of amides is 1. The lowest BCUT2D eigenvalue weighted by Crippen LogP contribution is -2.46. The van der Waals surface area contributed by atoms with Gasteiger partial charge < -0.3 is 10.2 Å². The maximum atomic E-state index is 13.5. The Balaban J connectivity index is 1.28. The van der Waals surface area contributed by atoms with Gasteiger partial charge in [0.05, 0.1) is 25.0 Å². The van der Waals surface area contributed by atoms with Gasteiger partial charge in [0.2, 0.25) is 5.91 Å². The summed E-state index contributed by atoms with van der Waals surface area (Å²) in [7, 11) is 0. The van der Waals surface area contributed by atoms with E-state index in [1.807, 2.05) is 25.3 Å². The average molecular weight is 371 g/mol. The molecule has 2 atom stereocenters. The zero-order valence-electron chi connectivity index (χ0n) is 15.6. The number of hydrogen-bond acceptors (Lipinski definition) is 5. The van der Waals surface area contributed by atoms with Crippen LogP contribution in [0.4, 0.5) is 10.1 Å². The van der Waals surface area contributed by atoms with Crippen molar-refractivity contribution in [2.75, 3.05) is 31.5 Å². The summed E-state index contributed by atoms with van der Waals surface area (Å²) in [6.07, 6.45) is 5.11. The van der Waals surface area contributed by atoms with Crippen LogP contribution < -0.4 is 5.32 Å². The number of likely N-dealkylation sites (tertiary alicyclic amines) is 2. The molecule has 1 amide bonds. The molecular formula is C20H26FN5O. The van der Waals surface area contributed by atoms with E-state index < -0.39 is 6.17 Å². The first-order valence-corrected chi connectivity index (χ1v) is 9.71. The lowest BCUT2D eigenvalue weighted by molar-refractivity contribution is -0.133. The van der Waals surface area contributed by atoms with Crippen LogP contribution in [0.5, 0.6) is 0 Å². The van der Waals surface area contributed by atoms with Crippen LogP contribution in [0, 0.1) is 0 Å². The Morgan fingerprint density at radius 1 is 1.33 bits per heavy atom. The van der Waals surface area contributed by atoms with Crippen molar-refractivity contribution in [2.24, 2.45) is 0 Å². The summed E-state index contributed by atoms with van der Waals surface area (Å²) in [6, 6.07) is 6.38. The van der Waals surface area contributed by atoms with Crippen molar-refractivity contribution in [3.8, 4) is 0 Å². The normalized spacial score (nSPS) is 24.4. The number of pyridine rings is 2. The highest BCUT2D eigenvalue weighted by atomic mass is 19.1. The van der Waals surface area contributed by atoms with Gasteiger partial charge in [0.25, 0.3) is 0 Å². The lowest BCUT2D eigenvalue weighted by atomic mass is 10.0. The number of anilines is 1. The van der Waals surface area contributed by atoms with E-state index >= 15 is 0 Å². The molecule has 0 radical (unpaired) electrons. The SMILES string of the molecule is C[C@@H]1C[C@H](F)CN1C(=O)CN1CCC(Nc2cnc3ncccc3c2)CC1. The van der Waals surface area contributed by atoms with Crippen molar-refractivity contribution in [1.29, 1.82) is 0 Å². The van der Waals surface area contributed by atoms with Crippen LogP contribution in [-0.4, -0.2) is 70.1 Å². The molecule has 4 rings (SSSR count). The van der Waals surface area contributed by atoms with E-state index in [2.05, 4.69) is 26.3 Å². The van der Waals surface area contributed by atoms with Crippen LogP contribution >= 0.6 is 0 Å². The molecule has 0 spiro atoms. The molecule has 2 fully saturated rings. The number of carbonyl (C=O) groups excluding carboxylic acids is 1. The second-order valence-corrected chi connectivity index (χ2v) is 7.70. The molecule has 0 aliphatic carbocycles. The molecule has 2 aliphatic heterocycles. The number of nitrogens with zero attached hydrogens (tertiary/aromatic N) is 4. The fourth-order valence-corrected chi connectivity index (χ4v) is 4.11. The van der Waals surface area contributed by atoms with Crippen molar-refractivity contribution in [1.82, 2.24) is 19.8 Å². The van der Waals surface area contributed by atoms with Crippen LogP contribution in [0.2, 0.25) is 0 Å². The molecule has 2 aromatic rings. The lowest BCUT2D eigenvalue weighted by Gasteiger charge is -2.33. The molecule has 7 heteroatoms. The van der Waals surface area contributed by atoms with E-state index in [1.165, 1.54) is 0 Å². The van der Waals surface area contributed by atoms with Crippen molar-refractivity contribution in [3.05, 3.63) is 30.6 Å².